The van der Waals surface area contributed by atoms with Gasteiger partial charge in [0.05, 0.1) is 23.4 Å². The molecule has 0 saturated carbocycles. The monoisotopic (exact) mass is 484 g/mol. The number of amides is 1. The number of carbonyl (C=O) groups is 2. The Kier molecular flexibility index (Phi) is 7.88. The molecule has 2 aromatic heterocycles. The molecule has 1 aromatic carbocycles. The van der Waals surface area contributed by atoms with Crippen LogP contribution in [0.3, 0.4) is 0 Å². The number of carbonyl (C=O) groups excluding carboxylic acids is 2. The van der Waals surface area contributed by atoms with Gasteiger partial charge in [-0.15, -0.1) is 21.5 Å². The van der Waals surface area contributed by atoms with E-state index in [1.807, 2.05) is 6.92 Å². The number of hydrogen-bond acceptors (Lipinski definition) is 8. The highest BCUT2D eigenvalue weighted by Gasteiger charge is 2.17. The van der Waals surface area contributed by atoms with Gasteiger partial charge in [0.1, 0.15) is 23.2 Å². The summed E-state index contributed by atoms with van der Waals surface area (Å²) in [5.41, 5.74) is 0.307. The Morgan fingerprint density at radius 1 is 1.32 bits per heavy atom. The highest BCUT2D eigenvalue weighted by molar-refractivity contribution is 7.99. The van der Waals surface area contributed by atoms with Crippen LogP contribution in [0.2, 0.25) is 5.02 Å². The molecule has 12 heteroatoms. The maximum absolute atomic E-state index is 13.2. The van der Waals surface area contributed by atoms with Crippen molar-refractivity contribution < 1.29 is 23.5 Å². The minimum absolute atomic E-state index is 0.0707. The van der Waals surface area contributed by atoms with E-state index >= 15 is 0 Å². The van der Waals surface area contributed by atoms with E-state index in [-0.39, 0.29) is 23.3 Å². The third kappa shape index (κ3) is 5.75. The van der Waals surface area contributed by atoms with Crippen LogP contribution in [-0.4, -0.2) is 39.5 Å². The fourth-order valence-corrected chi connectivity index (χ4v) is 4.39. The Labute approximate surface area is 190 Å². The first-order valence-electron chi connectivity index (χ1n) is 9.01. The largest absolute Gasteiger partial charge is 0.484 e. The van der Waals surface area contributed by atoms with Crippen molar-refractivity contribution >= 4 is 51.6 Å². The van der Waals surface area contributed by atoms with E-state index in [9.17, 15) is 14.0 Å². The lowest BCUT2D eigenvalue weighted by Gasteiger charge is -2.10. The van der Waals surface area contributed by atoms with Crippen LogP contribution in [0.1, 0.15) is 23.1 Å². The molecule has 0 saturated heterocycles. The maximum atomic E-state index is 13.2. The van der Waals surface area contributed by atoms with E-state index in [0.29, 0.717) is 33.8 Å². The van der Waals surface area contributed by atoms with Crippen LogP contribution in [0.4, 0.5) is 9.39 Å². The lowest BCUT2D eigenvalue weighted by Crippen LogP contribution is -2.16. The third-order valence-corrected chi connectivity index (χ3v) is 6.11. The summed E-state index contributed by atoms with van der Waals surface area (Å²) in [7, 11) is 1.28. The quantitative estimate of drug-likeness (QED) is 0.358. The number of esters is 1. The molecule has 164 valence electrons. The van der Waals surface area contributed by atoms with Gasteiger partial charge in [-0.3, -0.25) is 4.79 Å². The SMILES string of the molecule is CCn1c(COc2ccc(F)cc2Cl)nnc1SCC(=O)Nc1sccc1C(=O)OC. The number of aromatic nitrogens is 3. The Hall–Kier alpha value is -2.63. The summed E-state index contributed by atoms with van der Waals surface area (Å²) in [5, 5.41) is 13.8. The molecule has 0 aliphatic rings. The summed E-state index contributed by atoms with van der Waals surface area (Å²) >= 11 is 8.41. The molecule has 0 radical (unpaired) electrons. The molecule has 31 heavy (non-hydrogen) atoms. The van der Waals surface area contributed by atoms with Crippen LogP contribution in [-0.2, 0) is 22.7 Å². The molecule has 1 amide bonds. The molecule has 0 unspecified atom stereocenters. The van der Waals surface area contributed by atoms with Crippen molar-refractivity contribution in [2.45, 2.75) is 25.2 Å². The summed E-state index contributed by atoms with van der Waals surface area (Å²) in [5.74, 6) is -0.314. The second-order valence-electron chi connectivity index (χ2n) is 6.00. The molecule has 0 spiro atoms. The number of nitrogens with zero attached hydrogens (tertiary/aromatic N) is 3. The Balaban J connectivity index is 1.60. The molecule has 3 aromatic rings. The minimum atomic E-state index is -0.513. The number of nitrogens with one attached hydrogen (secondary N) is 1. The van der Waals surface area contributed by atoms with Crippen molar-refractivity contribution in [3.63, 3.8) is 0 Å². The van der Waals surface area contributed by atoms with Crippen LogP contribution in [0, 0.1) is 5.82 Å². The molecular weight excluding hydrogens is 467 g/mol. The van der Waals surface area contributed by atoms with E-state index < -0.39 is 11.8 Å². The molecular formula is C19H18ClFN4O4S2. The molecule has 0 aliphatic heterocycles. The Bertz CT molecular complexity index is 1090. The van der Waals surface area contributed by atoms with Crippen LogP contribution in [0.25, 0.3) is 0 Å². The zero-order chi connectivity index (χ0) is 22.4. The molecule has 1 N–H and O–H groups in total. The zero-order valence-corrected chi connectivity index (χ0v) is 18.9. The van der Waals surface area contributed by atoms with Crippen LogP contribution in [0.5, 0.6) is 5.75 Å². The van der Waals surface area contributed by atoms with E-state index in [0.717, 1.165) is 0 Å². The predicted octanol–water partition coefficient (Wildman–Crippen LogP) is 4.25. The van der Waals surface area contributed by atoms with Crippen LogP contribution < -0.4 is 10.1 Å². The van der Waals surface area contributed by atoms with E-state index in [1.54, 1.807) is 16.0 Å². The zero-order valence-electron chi connectivity index (χ0n) is 16.6. The standard InChI is InChI=1S/C19H18ClFN4O4S2/c1-3-25-15(9-29-14-5-4-11(21)8-13(14)20)23-24-19(25)31-10-16(26)22-17-12(6-7-30-17)18(27)28-2/h4-8H,3,9-10H2,1-2H3,(H,22,26). The van der Waals surface area contributed by atoms with Gasteiger partial charge >= 0.3 is 5.97 Å². The van der Waals surface area contributed by atoms with Crippen LogP contribution >= 0.6 is 34.7 Å². The van der Waals surface area contributed by atoms with Crippen molar-refractivity contribution in [2.75, 3.05) is 18.2 Å². The number of thiophene rings is 1. The normalized spacial score (nSPS) is 10.7. The highest BCUT2D eigenvalue weighted by Crippen LogP contribution is 2.27. The highest BCUT2D eigenvalue weighted by atomic mass is 35.5. The Morgan fingerprint density at radius 2 is 2.13 bits per heavy atom. The lowest BCUT2D eigenvalue weighted by atomic mass is 10.3. The second-order valence-corrected chi connectivity index (χ2v) is 8.26. The molecule has 3 rings (SSSR count). The summed E-state index contributed by atoms with van der Waals surface area (Å²) in [6.45, 7) is 2.55. The number of halogens is 2. The number of thioether (sulfide) groups is 1. The first kappa shape index (κ1) is 23.0. The van der Waals surface area contributed by atoms with Crippen molar-refractivity contribution in [3.8, 4) is 5.75 Å². The van der Waals surface area contributed by atoms with Crippen molar-refractivity contribution in [1.29, 1.82) is 0 Å². The van der Waals surface area contributed by atoms with Crippen molar-refractivity contribution in [1.82, 2.24) is 14.8 Å². The number of benzene rings is 1. The topological polar surface area (TPSA) is 95.3 Å². The first-order valence-corrected chi connectivity index (χ1v) is 11.3. The molecule has 2 heterocycles. The van der Waals surface area contributed by atoms with Gasteiger partial charge in [-0.05, 0) is 36.6 Å². The molecule has 0 bridgehead atoms. The molecule has 0 atom stereocenters. The van der Waals surface area contributed by atoms with E-state index in [4.69, 9.17) is 21.1 Å². The lowest BCUT2D eigenvalue weighted by molar-refractivity contribution is -0.113. The predicted molar refractivity (Wildman–Crippen MR) is 116 cm³/mol. The average molecular weight is 485 g/mol. The number of anilines is 1. The summed E-state index contributed by atoms with van der Waals surface area (Å²) in [4.78, 5) is 24.0. The van der Waals surface area contributed by atoms with Gasteiger partial charge in [0.15, 0.2) is 11.0 Å². The van der Waals surface area contributed by atoms with Gasteiger partial charge in [0, 0.05) is 6.54 Å². The second kappa shape index (κ2) is 10.6. The van der Waals surface area contributed by atoms with Gasteiger partial charge < -0.3 is 19.4 Å². The minimum Gasteiger partial charge on any atom is -0.484 e. The summed E-state index contributed by atoms with van der Waals surface area (Å²) in [6.07, 6.45) is 0. The number of methoxy groups -OCH3 is 1. The van der Waals surface area contributed by atoms with Crippen molar-refractivity contribution in [2.24, 2.45) is 0 Å². The summed E-state index contributed by atoms with van der Waals surface area (Å²) in [6, 6.07) is 5.45. The fraction of sp³-hybridized carbons (Fsp3) is 0.263. The van der Waals surface area contributed by atoms with Gasteiger partial charge in [0.2, 0.25) is 5.91 Å². The van der Waals surface area contributed by atoms with Gasteiger partial charge in [-0.2, -0.15) is 0 Å². The number of rotatable bonds is 9. The fourth-order valence-electron chi connectivity index (χ4n) is 2.55. The average Bonchev–Trinajstić information content (AvgIpc) is 3.37. The van der Waals surface area contributed by atoms with E-state index in [1.165, 1.54) is 48.4 Å². The number of hydrogen-bond donors (Lipinski definition) is 1. The molecule has 0 fully saturated rings. The smallest absolute Gasteiger partial charge is 0.340 e. The van der Waals surface area contributed by atoms with Gasteiger partial charge in [-0.1, -0.05) is 23.4 Å². The molecule has 0 aliphatic carbocycles. The Morgan fingerprint density at radius 3 is 2.84 bits per heavy atom. The summed E-state index contributed by atoms with van der Waals surface area (Å²) < 4.78 is 25.3. The van der Waals surface area contributed by atoms with E-state index in [2.05, 4.69) is 15.5 Å². The first-order chi connectivity index (χ1) is 14.9. The maximum Gasteiger partial charge on any atom is 0.340 e. The third-order valence-electron chi connectivity index (χ3n) is 4.02. The van der Waals surface area contributed by atoms with Gasteiger partial charge in [-0.25, -0.2) is 9.18 Å². The van der Waals surface area contributed by atoms with Crippen LogP contribution in [0.15, 0.2) is 34.8 Å². The molecule has 8 nitrogen and oxygen atoms in total. The van der Waals surface area contributed by atoms with Gasteiger partial charge in [0.25, 0.3) is 0 Å². The van der Waals surface area contributed by atoms with Crippen molar-refractivity contribution in [3.05, 3.63) is 51.9 Å². The number of ether oxygens (including phenoxy) is 2.